The van der Waals surface area contributed by atoms with Crippen LogP contribution in [0.5, 0.6) is 0 Å². The van der Waals surface area contributed by atoms with Crippen LogP contribution in [0.15, 0.2) is 75.1 Å². The number of thiophene rings is 1. The summed E-state index contributed by atoms with van der Waals surface area (Å²) in [7, 11) is -1.01. The number of hydrogen-bond acceptors (Lipinski definition) is 4. The minimum absolute atomic E-state index is 0.0154. The predicted octanol–water partition coefficient (Wildman–Crippen LogP) is 4.91. The Morgan fingerprint density at radius 2 is 1.96 bits per heavy atom. The highest BCUT2D eigenvalue weighted by atomic mass is 32.2. The molecule has 1 unspecified atom stereocenters. The molecule has 0 saturated carbocycles. The number of amides is 1. The van der Waals surface area contributed by atoms with Crippen molar-refractivity contribution in [3.05, 3.63) is 71.6 Å². The summed E-state index contributed by atoms with van der Waals surface area (Å²) < 4.78 is 15.7. The van der Waals surface area contributed by atoms with E-state index in [1.54, 1.807) is 17.6 Å². The Balaban J connectivity index is 1.68. The number of aryl methyl sites for hydroxylation is 1. The Labute approximate surface area is 164 Å². The maximum absolute atomic E-state index is 12.1. The van der Waals surface area contributed by atoms with E-state index >= 15 is 0 Å². The smallest absolute Gasteiger partial charge is 0.230 e. The van der Waals surface area contributed by atoms with Gasteiger partial charge in [0.2, 0.25) is 5.91 Å². The normalized spacial score (nSPS) is 11.9. The molecule has 1 heterocycles. The van der Waals surface area contributed by atoms with E-state index < -0.39 is 10.8 Å². The summed E-state index contributed by atoms with van der Waals surface area (Å²) in [6, 6.07) is 19.8. The fourth-order valence-electron chi connectivity index (χ4n) is 2.59. The van der Waals surface area contributed by atoms with Gasteiger partial charge in [-0.2, -0.15) is 0 Å². The maximum Gasteiger partial charge on any atom is 0.230 e. The highest BCUT2D eigenvalue weighted by Gasteiger charge is 2.09. The van der Waals surface area contributed by atoms with Gasteiger partial charge in [0.15, 0.2) is 0 Å². The van der Waals surface area contributed by atoms with Gasteiger partial charge in [-0.25, -0.2) is 0 Å². The van der Waals surface area contributed by atoms with Crippen molar-refractivity contribution in [2.75, 3.05) is 6.26 Å². The van der Waals surface area contributed by atoms with Crippen LogP contribution in [-0.4, -0.2) is 16.4 Å². The van der Waals surface area contributed by atoms with Gasteiger partial charge in [-0.3, -0.25) is 13.7 Å². The van der Waals surface area contributed by atoms with Gasteiger partial charge >= 0.3 is 0 Å². The van der Waals surface area contributed by atoms with E-state index in [-0.39, 0.29) is 5.91 Å². The van der Waals surface area contributed by atoms with E-state index in [0.29, 0.717) is 12.8 Å². The first-order valence-electron chi connectivity index (χ1n) is 8.14. The molecule has 3 aromatic rings. The van der Waals surface area contributed by atoms with Crippen LogP contribution in [0.4, 0.5) is 0 Å². The summed E-state index contributed by atoms with van der Waals surface area (Å²) in [4.78, 5) is 12.9. The third-order valence-corrected chi connectivity index (χ3v) is 6.66. The molecule has 0 fully saturated rings. The summed E-state index contributed by atoms with van der Waals surface area (Å²) in [6.45, 7) is 0. The van der Waals surface area contributed by atoms with Crippen LogP contribution in [0.1, 0.15) is 12.0 Å². The Bertz CT molecular complexity index is 907. The summed E-state index contributed by atoms with van der Waals surface area (Å²) in [5.41, 5.74) is 3.22. The second-order valence-corrected chi connectivity index (χ2v) is 9.13. The molecule has 26 heavy (non-hydrogen) atoms. The number of rotatable bonds is 7. The minimum atomic E-state index is -1.01. The molecule has 0 bridgehead atoms. The van der Waals surface area contributed by atoms with Crippen molar-refractivity contribution < 1.29 is 9.00 Å². The molecule has 0 radical (unpaired) electrons. The highest BCUT2D eigenvalue weighted by Crippen LogP contribution is 2.26. The molecule has 3 rings (SSSR count). The van der Waals surface area contributed by atoms with Crippen molar-refractivity contribution in [1.82, 2.24) is 4.72 Å². The van der Waals surface area contributed by atoms with Crippen LogP contribution in [0.3, 0.4) is 0 Å². The molecule has 1 N–H and O–H groups in total. The third kappa shape index (κ3) is 5.06. The van der Waals surface area contributed by atoms with Crippen LogP contribution in [0.2, 0.25) is 0 Å². The first-order valence-corrected chi connectivity index (χ1v) is 11.4. The molecule has 1 aromatic heterocycles. The van der Waals surface area contributed by atoms with E-state index in [9.17, 15) is 9.00 Å². The summed E-state index contributed by atoms with van der Waals surface area (Å²) >= 11 is 2.97. The number of hydrogen-bond donors (Lipinski definition) is 1. The van der Waals surface area contributed by atoms with E-state index in [4.69, 9.17) is 0 Å². The topological polar surface area (TPSA) is 46.2 Å². The van der Waals surface area contributed by atoms with E-state index in [0.717, 1.165) is 25.8 Å². The molecular formula is C20H19NO2S3. The fourth-order valence-corrected chi connectivity index (χ4v) is 4.55. The molecule has 0 saturated heterocycles. The standard InChI is InChI=1S/C20H19NO2S3/c1-26(23)17-8-4-7-16(14-17)18-9-3-2-6-15(18)11-12-19(22)21-25-20-10-5-13-24-20/h2-10,13-14H,11-12H2,1H3,(H,21,22). The van der Waals surface area contributed by atoms with E-state index in [1.807, 2.05) is 66.0 Å². The van der Waals surface area contributed by atoms with Gasteiger partial charge in [0.05, 0.1) is 4.21 Å². The Morgan fingerprint density at radius 3 is 2.73 bits per heavy atom. The lowest BCUT2D eigenvalue weighted by Gasteiger charge is -2.11. The Morgan fingerprint density at radius 1 is 1.12 bits per heavy atom. The second kappa shape index (κ2) is 9.16. The van der Waals surface area contributed by atoms with Crippen molar-refractivity contribution in [2.45, 2.75) is 21.9 Å². The SMILES string of the molecule is CS(=O)c1cccc(-c2ccccc2CCC(=O)NSc2cccs2)c1. The summed E-state index contributed by atoms with van der Waals surface area (Å²) in [5.74, 6) is 0.0154. The van der Waals surface area contributed by atoms with Crippen molar-refractivity contribution in [3.8, 4) is 11.1 Å². The largest absolute Gasteiger partial charge is 0.295 e. The average Bonchev–Trinajstić information content (AvgIpc) is 3.18. The molecule has 0 spiro atoms. The van der Waals surface area contributed by atoms with Crippen LogP contribution in [0.25, 0.3) is 11.1 Å². The molecular weight excluding hydrogens is 382 g/mol. The molecule has 6 heteroatoms. The van der Waals surface area contributed by atoms with E-state index in [1.165, 1.54) is 11.9 Å². The minimum Gasteiger partial charge on any atom is -0.295 e. The number of benzene rings is 2. The lowest BCUT2D eigenvalue weighted by Crippen LogP contribution is -2.15. The zero-order valence-corrected chi connectivity index (χ0v) is 16.8. The van der Waals surface area contributed by atoms with Crippen LogP contribution in [-0.2, 0) is 22.0 Å². The van der Waals surface area contributed by atoms with Gasteiger partial charge in [0, 0.05) is 28.4 Å². The van der Waals surface area contributed by atoms with Crippen molar-refractivity contribution in [1.29, 1.82) is 0 Å². The monoisotopic (exact) mass is 401 g/mol. The predicted molar refractivity (Wildman–Crippen MR) is 111 cm³/mol. The van der Waals surface area contributed by atoms with Gasteiger partial charge in [-0.15, -0.1) is 11.3 Å². The second-order valence-electron chi connectivity index (χ2n) is 5.70. The van der Waals surface area contributed by atoms with Crippen molar-refractivity contribution in [2.24, 2.45) is 0 Å². The highest BCUT2D eigenvalue weighted by molar-refractivity contribution is 7.99. The first-order chi connectivity index (χ1) is 12.6. The zero-order valence-electron chi connectivity index (χ0n) is 14.3. The molecule has 134 valence electrons. The molecule has 3 nitrogen and oxygen atoms in total. The lowest BCUT2D eigenvalue weighted by molar-refractivity contribution is -0.119. The molecule has 0 aliphatic carbocycles. The van der Waals surface area contributed by atoms with Crippen LogP contribution >= 0.6 is 23.3 Å². The van der Waals surface area contributed by atoms with Crippen LogP contribution in [0, 0.1) is 0 Å². The quantitative estimate of drug-likeness (QED) is 0.572. The molecule has 1 amide bonds. The lowest BCUT2D eigenvalue weighted by atomic mass is 9.97. The zero-order chi connectivity index (χ0) is 18.4. The van der Waals surface area contributed by atoms with Gasteiger partial charge in [0.25, 0.3) is 0 Å². The number of nitrogens with one attached hydrogen (secondary N) is 1. The van der Waals surface area contributed by atoms with Gasteiger partial charge < -0.3 is 0 Å². The van der Waals surface area contributed by atoms with E-state index in [2.05, 4.69) is 4.72 Å². The summed E-state index contributed by atoms with van der Waals surface area (Å²) in [5, 5.41) is 1.99. The van der Waals surface area contributed by atoms with Crippen molar-refractivity contribution >= 4 is 40.0 Å². The number of carbonyl (C=O) groups is 1. The van der Waals surface area contributed by atoms with Gasteiger partial charge in [0.1, 0.15) is 0 Å². The first kappa shape index (κ1) is 18.9. The van der Waals surface area contributed by atoms with Gasteiger partial charge in [-0.1, -0.05) is 42.5 Å². The average molecular weight is 402 g/mol. The third-order valence-electron chi connectivity index (χ3n) is 3.88. The van der Waals surface area contributed by atoms with Gasteiger partial charge in [-0.05, 0) is 58.6 Å². The van der Waals surface area contributed by atoms with Crippen molar-refractivity contribution in [3.63, 3.8) is 0 Å². The molecule has 1 atom stereocenters. The summed E-state index contributed by atoms with van der Waals surface area (Å²) in [6.07, 6.45) is 2.77. The molecule has 0 aliphatic rings. The Kier molecular flexibility index (Phi) is 6.66. The fraction of sp³-hybridized carbons (Fsp3) is 0.150. The number of carbonyl (C=O) groups excluding carboxylic acids is 1. The Hall–Kier alpha value is -1.89. The molecule has 0 aliphatic heterocycles. The molecule has 2 aromatic carbocycles. The van der Waals surface area contributed by atoms with Crippen LogP contribution < -0.4 is 4.72 Å². The maximum atomic E-state index is 12.1.